The lowest BCUT2D eigenvalue weighted by Gasteiger charge is -2.46. The molecule has 30 atom stereocenters. The van der Waals surface area contributed by atoms with Gasteiger partial charge in [0.25, 0.3) is 0 Å². The molecule has 0 bridgehead atoms. The lowest BCUT2D eigenvalue weighted by atomic mass is 9.87. The van der Waals surface area contributed by atoms with Gasteiger partial charge < -0.3 is 113 Å². The zero-order chi connectivity index (χ0) is 70.3. The number of methoxy groups -OCH3 is 1. The summed E-state index contributed by atoms with van der Waals surface area (Å²) in [5, 5.41) is 121. The van der Waals surface area contributed by atoms with E-state index in [2.05, 4.69) is 12.5 Å². The zero-order valence-electron chi connectivity index (χ0n) is 50.0. The Morgan fingerprint density at radius 1 is 0.319 bits per heavy atom. The highest BCUT2D eigenvalue weighted by molar-refractivity contribution is 7.81. The van der Waals surface area contributed by atoms with Crippen LogP contribution >= 0.6 is 0 Å². The quantitative estimate of drug-likeness (QED) is 0.0271. The van der Waals surface area contributed by atoms with Gasteiger partial charge >= 0.3 is 52.0 Å². The van der Waals surface area contributed by atoms with E-state index in [0.29, 0.717) is 0 Å². The van der Waals surface area contributed by atoms with E-state index >= 15 is 0 Å². The summed E-state index contributed by atoms with van der Waals surface area (Å²) in [5.41, 5.74) is 0. The van der Waals surface area contributed by atoms with Gasteiger partial charge in [-0.3, -0.25) is 22.8 Å². The molecule has 0 aromatic rings. The van der Waals surface area contributed by atoms with Gasteiger partial charge in [-0.15, -0.1) is 0 Å². The molecular weight excluding hydrogens is 1400 g/mol. The normalized spacial score (nSPS) is 42.3. The summed E-state index contributed by atoms with van der Waals surface area (Å²) in [6, 6.07) is 0. The summed E-state index contributed by atoms with van der Waals surface area (Å²) >= 11 is 0. The van der Waals surface area contributed by atoms with Gasteiger partial charge in [0.15, 0.2) is 6.29 Å². The SMILES string of the molecule is CCC1O[C@@H](COCC2O[C@@H](COCC3O[C@@H](COC)C(O)[C@H](OS(=O)(=O)O)[C@H]3CO[C@@H]3OC(CO)[C@H](O)[C@@H](COC[C@@H]4OC(C)[C@@H](COC[C@@H]5OC(C)[C@@H](O)[C@H](OS(=O)(=O)O)C5O)[C@H](OS(=O)(=O)O)C4O)C3O)C(O)[C@H](OS(=O)(=O)O)[C@H]2O)C(O)[C@H](OS(=O)(=O)O)[C@H]1O. The Morgan fingerprint density at radius 2 is 0.638 bits per heavy atom. The highest BCUT2D eigenvalue weighted by Crippen LogP contribution is 2.37. The van der Waals surface area contributed by atoms with E-state index in [1.165, 1.54) is 20.8 Å². The molecule has 16 N–H and O–H groups in total. The number of ether oxygens (including phenoxy) is 12. The summed E-state index contributed by atoms with van der Waals surface area (Å²) < 4.78 is 257. The molecule has 0 aromatic carbocycles. The Balaban J connectivity index is 1.13. The molecule has 6 heterocycles. The zero-order valence-corrected chi connectivity index (χ0v) is 54.1. The van der Waals surface area contributed by atoms with Gasteiger partial charge in [-0.25, -0.2) is 20.9 Å². The summed E-state index contributed by atoms with van der Waals surface area (Å²) in [5.74, 6) is -4.47. The van der Waals surface area contributed by atoms with Crippen LogP contribution in [0.25, 0.3) is 0 Å². The van der Waals surface area contributed by atoms with Gasteiger partial charge in [0.2, 0.25) is 0 Å². The monoisotopic (exact) mass is 1480 g/mol. The average Bonchev–Trinajstić information content (AvgIpc) is 0.813. The van der Waals surface area contributed by atoms with Crippen molar-refractivity contribution in [3.63, 3.8) is 0 Å². The van der Waals surface area contributed by atoms with Gasteiger partial charge in [-0.1, -0.05) is 6.92 Å². The fourth-order valence-electron chi connectivity index (χ4n) is 11.6. The lowest BCUT2D eigenvalue weighted by Crippen LogP contribution is -2.62. The van der Waals surface area contributed by atoms with Gasteiger partial charge in [-0.05, 0) is 20.3 Å². The Bertz CT molecular complexity index is 2940. The summed E-state index contributed by atoms with van der Waals surface area (Å²) in [7, 11) is -25.6. The Morgan fingerprint density at radius 3 is 1.05 bits per heavy atom. The predicted octanol–water partition coefficient (Wildman–Crippen LogP) is -9.88. The fraction of sp³-hybridized carbons (Fsp3) is 1.00. The predicted molar refractivity (Wildman–Crippen MR) is 294 cm³/mol. The van der Waals surface area contributed by atoms with E-state index < -0.39 is 307 Å². The first-order valence-corrected chi connectivity index (χ1v) is 35.4. The number of hydrogen-bond donors (Lipinski definition) is 16. The second-order valence-electron chi connectivity index (χ2n) is 22.8. The minimum absolute atomic E-state index is 0.0150. The molecule has 0 amide bonds. The third kappa shape index (κ3) is 22.5. The number of rotatable bonds is 33. The molecule has 0 saturated carbocycles. The van der Waals surface area contributed by atoms with Crippen LogP contribution in [0.4, 0.5) is 0 Å². The number of hydrogen-bond acceptors (Lipinski definition) is 38. The van der Waals surface area contributed by atoms with Crippen LogP contribution in [-0.2, 0) is 130 Å². The molecule has 12 unspecified atom stereocenters. The van der Waals surface area contributed by atoms with Gasteiger partial charge in [0.1, 0.15) is 128 Å². The van der Waals surface area contributed by atoms with Crippen LogP contribution in [0.1, 0.15) is 27.2 Å². The van der Waals surface area contributed by atoms with E-state index in [1.54, 1.807) is 0 Å². The van der Waals surface area contributed by atoms with Crippen LogP contribution in [0.3, 0.4) is 0 Å². The minimum atomic E-state index is -5.50. The Hall–Kier alpha value is -1.57. The average molecular weight is 1480 g/mol. The second-order valence-corrected chi connectivity index (χ2v) is 28.1. The Kier molecular flexibility index (Phi) is 29.8. The van der Waals surface area contributed by atoms with E-state index in [-0.39, 0.29) is 6.42 Å². The molecular formula is C46H82O43S5. The van der Waals surface area contributed by atoms with Crippen LogP contribution in [-0.4, -0.2) is 366 Å². The van der Waals surface area contributed by atoms with Gasteiger partial charge in [0, 0.05) is 24.9 Å². The number of aliphatic hydroxyl groups is 11. The maximum Gasteiger partial charge on any atom is 0.397 e. The maximum atomic E-state index is 12.3. The van der Waals surface area contributed by atoms with Crippen LogP contribution in [0.15, 0.2) is 0 Å². The van der Waals surface area contributed by atoms with Crippen molar-refractivity contribution in [2.24, 2.45) is 17.8 Å². The van der Waals surface area contributed by atoms with E-state index in [0.717, 1.165) is 7.11 Å². The molecule has 48 heteroatoms. The molecule has 6 fully saturated rings. The standard InChI is InChI=1S/C46H82O43S5/c1-5-22-34(51)44(88-93(67,68)69)38(55)28(81-22)14-77-16-30-40(57)45(89-94(70,71)72)39(56)29(83-30)15-76-11-24-20(42(86-91(61,62)63)35(52)25(82-24)10-73-4)9-78-46-33(50)21(32(49)23(6-47)84-46)8-75-12-26-36(53)41(85-90(58,59)60)19(17(2)79-26)7-74-13-27-37(54)43(87-92(64,65)66)31(48)18(3)80-27/h17-57H,5-16H2,1-4H3,(H,58,59,60)(H,61,62,63)(H,64,65,66)(H,67,68,69)(H,70,71,72)/t17?,18?,19-,20+,21-,22?,23?,24?,25+,26+,27+,28+,29+,30?,31-,32-,33?,34+,35?,36?,37?,38?,39?,40+,41+,42-,43+,44-,45+,46-/m1/s1. The topological polar surface area (TPSA) is 651 Å². The third-order valence-electron chi connectivity index (χ3n) is 16.3. The maximum absolute atomic E-state index is 12.3. The Labute approximate surface area is 538 Å². The molecule has 94 heavy (non-hydrogen) atoms. The minimum Gasteiger partial charge on any atom is -0.394 e. The van der Waals surface area contributed by atoms with E-state index in [4.69, 9.17) is 69.8 Å². The van der Waals surface area contributed by atoms with Crippen molar-refractivity contribution in [2.45, 2.75) is 192 Å². The molecule has 6 aliphatic rings. The lowest BCUT2D eigenvalue weighted by molar-refractivity contribution is -0.307. The molecule has 6 saturated heterocycles. The van der Waals surface area contributed by atoms with Crippen LogP contribution in [0.2, 0.25) is 0 Å². The third-order valence-corrected chi connectivity index (χ3v) is 18.6. The highest BCUT2D eigenvalue weighted by atomic mass is 32.3. The van der Waals surface area contributed by atoms with Crippen molar-refractivity contribution in [1.29, 1.82) is 0 Å². The van der Waals surface area contributed by atoms with Crippen LogP contribution in [0.5, 0.6) is 0 Å². The smallest absolute Gasteiger partial charge is 0.394 e. The fourth-order valence-corrected chi connectivity index (χ4v) is 14.2. The van der Waals surface area contributed by atoms with Crippen molar-refractivity contribution >= 4 is 52.0 Å². The first-order valence-electron chi connectivity index (χ1n) is 28.6. The molecule has 554 valence electrons. The van der Waals surface area contributed by atoms with Crippen LogP contribution in [0, 0.1) is 17.8 Å². The number of aliphatic hydroxyl groups excluding tert-OH is 11. The summed E-state index contributed by atoms with van der Waals surface area (Å²) in [6.07, 6.45) is -47.9. The molecule has 6 rings (SSSR count). The van der Waals surface area contributed by atoms with E-state index in [9.17, 15) is 116 Å². The van der Waals surface area contributed by atoms with Gasteiger partial charge in [-0.2, -0.15) is 42.1 Å². The summed E-state index contributed by atoms with van der Waals surface area (Å²) in [4.78, 5) is 0. The van der Waals surface area contributed by atoms with Crippen molar-refractivity contribution < 1.29 is 199 Å². The van der Waals surface area contributed by atoms with Crippen molar-refractivity contribution in [3.05, 3.63) is 0 Å². The second kappa shape index (κ2) is 34.4. The van der Waals surface area contributed by atoms with Crippen molar-refractivity contribution in [2.75, 3.05) is 79.8 Å². The molecule has 0 radical (unpaired) electrons. The van der Waals surface area contributed by atoms with Crippen molar-refractivity contribution in [3.8, 4) is 0 Å². The van der Waals surface area contributed by atoms with Crippen molar-refractivity contribution in [1.82, 2.24) is 0 Å². The first-order chi connectivity index (χ1) is 43.6. The molecule has 0 spiro atoms. The molecule has 0 aromatic heterocycles. The largest absolute Gasteiger partial charge is 0.397 e. The summed E-state index contributed by atoms with van der Waals surface area (Å²) in [6.45, 7) is -4.03. The molecule has 6 aliphatic heterocycles. The molecule has 0 aliphatic carbocycles. The van der Waals surface area contributed by atoms with Gasteiger partial charge in [0.05, 0.1) is 103 Å². The van der Waals surface area contributed by atoms with Crippen LogP contribution < -0.4 is 0 Å². The highest BCUT2D eigenvalue weighted by Gasteiger charge is 2.54. The molecule has 43 nitrogen and oxygen atoms in total. The van der Waals surface area contributed by atoms with E-state index in [1.807, 2.05) is 0 Å². The first kappa shape index (κ1) is 81.4.